The van der Waals surface area contributed by atoms with Crippen LogP contribution in [0.15, 0.2) is 0 Å². The number of hydrogen-bond acceptors (Lipinski definition) is 2. The zero-order chi connectivity index (χ0) is 11.2. The Morgan fingerprint density at radius 1 is 1.06 bits per heavy atom. The first-order chi connectivity index (χ1) is 7.92. The molecule has 2 rings (SSSR count). The molecule has 0 radical (unpaired) electrons. The van der Waals surface area contributed by atoms with Crippen LogP contribution in [0.1, 0.15) is 58.3 Å². The number of rotatable bonds is 7. The van der Waals surface area contributed by atoms with E-state index >= 15 is 0 Å². The number of nitrogens with one attached hydrogen (secondary N) is 1. The Labute approximate surface area is 101 Å². The number of nitrogens with zero attached hydrogens (tertiary/aromatic N) is 1. The van der Waals surface area contributed by atoms with Gasteiger partial charge in [-0.15, -0.1) is 0 Å². The Hall–Kier alpha value is -0.0800. The van der Waals surface area contributed by atoms with Crippen LogP contribution in [0.3, 0.4) is 0 Å². The van der Waals surface area contributed by atoms with Gasteiger partial charge in [-0.3, -0.25) is 4.90 Å². The lowest BCUT2D eigenvalue weighted by atomic mass is 10.1. The first-order valence-corrected chi connectivity index (χ1v) is 7.39. The van der Waals surface area contributed by atoms with Crippen LogP contribution in [-0.2, 0) is 0 Å². The third-order valence-corrected chi connectivity index (χ3v) is 4.29. The van der Waals surface area contributed by atoms with Gasteiger partial charge in [0.25, 0.3) is 0 Å². The average Bonchev–Trinajstić information content (AvgIpc) is 2.87. The normalized spacial score (nSPS) is 29.8. The zero-order valence-electron chi connectivity index (χ0n) is 10.9. The predicted octanol–water partition coefficient (Wildman–Crippen LogP) is 2.78. The molecule has 2 unspecified atom stereocenters. The molecular weight excluding hydrogens is 196 g/mol. The van der Waals surface area contributed by atoms with Crippen molar-refractivity contribution in [2.75, 3.05) is 19.6 Å². The van der Waals surface area contributed by atoms with E-state index in [1.807, 2.05) is 0 Å². The van der Waals surface area contributed by atoms with Gasteiger partial charge in [0.2, 0.25) is 0 Å². The van der Waals surface area contributed by atoms with E-state index in [9.17, 15) is 0 Å². The predicted molar refractivity (Wildman–Crippen MR) is 69.8 cm³/mol. The highest BCUT2D eigenvalue weighted by Crippen LogP contribution is 2.27. The third-order valence-electron chi connectivity index (χ3n) is 4.29. The lowest BCUT2D eigenvalue weighted by Crippen LogP contribution is -2.39. The highest BCUT2D eigenvalue weighted by Gasteiger charge is 2.36. The van der Waals surface area contributed by atoms with Crippen LogP contribution in [0.2, 0.25) is 0 Å². The van der Waals surface area contributed by atoms with Crippen molar-refractivity contribution in [3.05, 3.63) is 0 Å². The van der Waals surface area contributed by atoms with Crippen LogP contribution in [0.5, 0.6) is 0 Å². The van der Waals surface area contributed by atoms with E-state index in [0.29, 0.717) is 0 Å². The monoisotopic (exact) mass is 224 g/mol. The van der Waals surface area contributed by atoms with Crippen LogP contribution in [0.25, 0.3) is 0 Å². The highest BCUT2D eigenvalue weighted by atomic mass is 15.2. The van der Waals surface area contributed by atoms with Crippen LogP contribution in [0.4, 0.5) is 0 Å². The minimum absolute atomic E-state index is 0.814. The molecule has 2 saturated heterocycles. The fourth-order valence-electron chi connectivity index (χ4n) is 3.34. The Balaban J connectivity index is 1.53. The largest absolute Gasteiger partial charge is 0.312 e. The van der Waals surface area contributed by atoms with Gasteiger partial charge >= 0.3 is 0 Å². The Bertz CT molecular complexity index is 193. The minimum atomic E-state index is 0.814. The molecular formula is C14H28N2. The van der Waals surface area contributed by atoms with E-state index in [4.69, 9.17) is 0 Å². The molecule has 2 heteroatoms. The van der Waals surface area contributed by atoms with Crippen molar-refractivity contribution in [2.45, 2.75) is 70.4 Å². The molecule has 2 aliphatic heterocycles. The van der Waals surface area contributed by atoms with E-state index in [1.54, 1.807) is 0 Å². The maximum absolute atomic E-state index is 3.79. The summed E-state index contributed by atoms with van der Waals surface area (Å²) in [7, 11) is 0. The number of hydrogen-bond donors (Lipinski definition) is 1. The van der Waals surface area contributed by atoms with Gasteiger partial charge in [0.1, 0.15) is 0 Å². The van der Waals surface area contributed by atoms with E-state index in [-0.39, 0.29) is 0 Å². The maximum atomic E-state index is 3.79. The summed E-state index contributed by atoms with van der Waals surface area (Å²) in [5, 5.41) is 3.79. The van der Waals surface area contributed by atoms with Crippen molar-refractivity contribution in [1.82, 2.24) is 10.2 Å². The van der Waals surface area contributed by atoms with Gasteiger partial charge in [-0.05, 0) is 38.8 Å². The van der Waals surface area contributed by atoms with Crippen molar-refractivity contribution < 1.29 is 0 Å². The fourth-order valence-corrected chi connectivity index (χ4v) is 3.34. The molecule has 0 amide bonds. The van der Waals surface area contributed by atoms with E-state index in [1.165, 1.54) is 71.0 Å². The summed E-state index contributed by atoms with van der Waals surface area (Å²) < 4.78 is 0. The lowest BCUT2D eigenvalue weighted by Gasteiger charge is -2.21. The molecule has 1 N–H and O–H groups in total. The molecule has 2 aliphatic rings. The standard InChI is InChI=1S/C14H28N2/c1-2-3-4-5-6-10-15-13-9-12-16-11-7-8-14(13)16/h13-15H,2-12H2,1H3. The minimum Gasteiger partial charge on any atom is -0.312 e. The second-order valence-electron chi connectivity index (χ2n) is 5.51. The summed E-state index contributed by atoms with van der Waals surface area (Å²) in [6.07, 6.45) is 11.3. The van der Waals surface area contributed by atoms with Gasteiger partial charge in [-0.1, -0.05) is 32.6 Å². The Kier molecular flexibility index (Phi) is 5.11. The van der Waals surface area contributed by atoms with Crippen LogP contribution >= 0.6 is 0 Å². The highest BCUT2D eigenvalue weighted by molar-refractivity contribution is 4.95. The third kappa shape index (κ3) is 3.21. The summed E-state index contributed by atoms with van der Waals surface area (Å²) in [5.41, 5.74) is 0. The average molecular weight is 224 g/mol. The van der Waals surface area contributed by atoms with Gasteiger partial charge in [0.05, 0.1) is 0 Å². The van der Waals surface area contributed by atoms with Gasteiger partial charge in [0, 0.05) is 18.6 Å². The second kappa shape index (κ2) is 6.61. The molecule has 0 saturated carbocycles. The van der Waals surface area contributed by atoms with E-state index in [0.717, 1.165) is 12.1 Å². The SMILES string of the molecule is CCCCCCCNC1CCN2CCCC12. The summed E-state index contributed by atoms with van der Waals surface area (Å²) in [6, 6.07) is 1.70. The second-order valence-corrected chi connectivity index (χ2v) is 5.51. The molecule has 0 aromatic rings. The molecule has 94 valence electrons. The lowest BCUT2D eigenvalue weighted by molar-refractivity contribution is 0.298. The summed E-state index contributed by atoms with van der Waals surface area (Å²) in [4.78, 5) is 2.69. The van der Waals surface area contributed by atoms with Gasteiger partial charge in [-0.25, -0.2) is 0 Å². The Morgan fingerprint density at radius 3 is 2.81 bits per heavy atom. The van der Waals surface area contributed by atoms with Crippen molar-refractivity contribution in [3.8, 4) is 0 Å². The topological polar surface area (TPSA) is 15.3 Å². The molecule has 0 bridgehead atoms. The van der Waals surface area contributed by atoms with E-state index in [2.05, 4.69) is 17.1 Å². The van der Waals surface area contributed by atoms with E-state index < -0.39 is 0 Å². The molecule has 0 aromatic heterocycles. The first kappa shape index (κ1) is 12.4. The zero-order valence-corrected chi connectivity index (χ0v) is 10.9. The quantitative estimate of drug-likeness (QED) is 0.669. The van der Waals surface area contributed by atoms with Crippen molar-refractivity contribution >= 4 is 0 Å². The maximum Gasteiger partial charge on any atom is 0.0250 e. The molecule has 0 aliphatic carbocycles. The van der Waals surface area contributed by atoms with Crippen LogP contribution in [-0.4, -0.2) is 36.6 Å². The summed E-state index contributed by atoms with van der Waals surface area (Å²) in [6.45, 7) is 6.24. The van der Waals surface area contributed by atoms with Gasteiger partial charge in [0.15, 0.2) is 0 Å². The molecule has 0 spiro atoms. The number of unbranched alkanes of at least 4 members (excludes halogenated alkanes) is 4. The van der Waals surface area contributed by atoms with Crippen molar-refractivity contribution in [2.24, 2.45) is 0 Å². The van der Waals surface area contributed by atoms with Crippen LogP contribution < -0.4 is 5.32 Å². The van der Waals surface area contributed by atoms with Gasteiger partial charge < -0.3 is 5.32 Å². The molecule has 0 aromatic carbocycles. The summed E-state index contributed by atoms with van der Waals surface area (Å²) in [5.74, 6) is 0. The van der Waals surface area contributed by atoms with Gasteiger partial charge in [-0.2, -0.15) is 0 Å². The fraction of sp³-hybridized carbons (Fsp3) is 1.00. The Morgan fingerprint density at radius 2 is 1.94 bits per heavy atom. The summed E-state index contributed by atoms with van der Waals surface area (Å²) >= 11 is 0. The van der Waals surface area contributed by atoms with Crippen LogP contribution in [0, 0.1) is 0 Å². The molecule has 2 fully saturated rings. The molecule has 2 atom stereocenters. The smallest absolute Gasteiger partial charge is 0.0250 e. The number of fused-ring (bicyclic) bond motifs is 1. The van der Waals surface area contributed by atoms with Crippen molar-refractivity contribution in [3.63, 3.8) is 0 Å². The molecule has 2 heterocycles. The molecule has 16 heavy (non-hydrogen) atoms. The van der Waals surface area contributed by atoms with Crippen molar-refractivity contribution in [1.29, 1.82) is 0 Å². The first-order valence-electron chi connectivity index (χ1n) is 7.39. The molecule has 2 nitrogen and oxygen atoms in total.